The number of aliphatic hydroxyl groups is 1. The van der Waals surface area contributed by atoms with Crippen LogP contribution in [0.5, 0.6) is 11.5 Å². The van der Waals surface area contributed by atoms with Crippen LogP contribution in [-0.2, 0) is 5.60 Å². The third-order valence-corrected chi connectivity index (χ3v) is 4.38. The van der Waals surface area contributed by atoms with Crippen LogP contribution in [0.4, 0.5) is 0 Å². The van der Waals surface area contributed by atoms with Crippen molar-refractivity contribution in [2.45, 2.75) is 18.6 Å². The molecule has 0 spiro atoms. The minimum atomic E-state index is -1.36. The smallest absolute Gasteiger partial charge is 0.162 e. The Morgan fingerprint density at radius 2 is 1.40 bits per heavy atom. The van der Waals surface area contributed by atoms with Gasteiger partial charge in [0.2, 0.25) is 0 Å². The molecule has 0 aliphatic carbocycles. The van der Waals surface area contributed by atoms with Gasteiger partial charge in [0.1, 0.15) is 23.1 Å². The van der Waals surface area contributed by atoms with Crippen LogP contribution in [0.15, 0.2) is 54.9 Å². The average Bonchev–Trinajstić information content (AvgIpc) is 3.21. The first-order valence-electron chi connectivity index (χ1n) is 7.83. The lowest BCUT2D eigenvalue weighted by molar-refractivity contribution is 0.0182. The highest BCUT2D eigenvalue weighted by Crippen LogP contribution is 2.40. The van der Waals surface area contributed by atoms with Gasteiger partial charge in [0.05, 0.1) is 14.2 Å². The molecule has 0 aliphatic rings. The number of hydrogen-bond donors (Lipinski definition) is 1. The first-order valence-corrected chi connectivity index (χ1v) is 7.83. The molecule has 0 bridgehead atoms. The van der Waals surface area contributed by atoms with E-state index in [2.05, 4.69) is 15.4 Å². The lowest BCUT2D eigenvalue weighted by atomic mass is 9.81. The molecule has 1 heterocycles. The quantitative estimate of drug-likeness (QED) is 0.741. The van der Waals surface area contributed by atoms with E-state index in [0.29, 0.717) is 22.6 Å². The summed E-state index contributed by atoms with van der Waals surface area (Å²) in [5, 5.41) is 23.5. The molecule has 7 heteroatoms. The van der Waals surface area contributed by atoms with Gasteiger partial charge < -0.3 is 14.6 Å². The third kappa shape index (κ3) is 3.06. The minimum absolute atomic E-state index is 0.489. The topological polar surface area (TPSA) is 82.3 Å². The Morgan fingerprint density at radius 1 is 0.920 bits per heavy atom. The molecule has 25 heavy (non-hydrogen) atoms. The summed E-state index contributed by atoms with van der Waals surface area (Å²) in [5.41, 5.74) is 0.0331. The standard InChI is InChI=1S/C18H20N4O3/c1-13(22-20-12-19-21-22)18(23,14-4-8-16(24-2)9-5-14)15-6-10-17(25-3)11-7-15/h4-13,23H,1-3H3. The Kier molecular flexibility index (Phi) is 4.67. The fourth-order valence-electron chi connectivity index (χ4n) is 2.86. The van der Waals surface area contributed by atoms with Crippen LogP contribution in [0.2, 0.25) is 0 Å². The summed E-state index contributed by atoms with van der Waals surface area (Å²) < 4.78 is 10.4. The molecule has 1 atom stereocenters. The fraction of sp³-hybridized carbons (Fsp3) is 0.278. The summed E-state index contributed by atoms with van der Waals surface area (Å²) >= 11 is 0. The number of aromatic nitrogens is 4. The normalized spacial score (nSPS) is 12.6. The van der Waals surface area contributed by atoms with Crippen molar-refractivity contribution in [3.8, 4) is 11.5 Å². The van der Waals surface area contributed by atoms with E-state index in [4.69, 9.17) is 9.47 Å². The highest BCUT2D eigenvalue weighted by Gasteiger charge is 2.40. The maximum Gasteiger partial charge on any atom is 0.162 e. The summed E-state index contributed by atoms with van der Waals surface area (Å²) in [4.78, 5) is 1.40. The van der Waals surface area contributed by atoms with Crippen molar-refractivity contribution in [3.05, 3.63) is 66.0 Å². The van der Waals surface area contributed by atoms with Gasteiger partial charge in [-0.05, 0) is 47.5 Å². The van der Waals surface area contributed by atoms with Gasteiger partial charge in [0, 0.05) is 0 Å². The van der Waals surface area contributed by atoms with Crippen LogP contribution in [0.1, 0.15) is 24.1 Å². The number of rotatable bonds is 6. The van der Waals surface area contributed by atoms with E-state index >= 15 is 0 Å². The average molecular weight is 340 g/mol. The van der Waals surface area contributed by atoms with E-state index in [-0.39, 0.29) is 0 Å². The van der Waals surface area contributed by atoms with Gasteiger partial charge in [-0.25, -0.2) is 0 Å². The van der Waals surface area contributed by atoms with E-state index in [1.165, 1.54) is 11.1 Å². The van der Waals surface area contributed by atoms with Crippen molar-refractivity contribution in [2.75, 3.05) is 14.2 Å². The van der Waals surface area contributed by atoms with Gasteiger partial charge in [0.15, 0.2) is 6.33 Å². The predicted molar refractivity (Wildman–Crippen MR) is 91.5 cm³/mol. The zero-order chi connectivity index (χ0) is 17.9. The van der Waals surface area contributed by atoms with Gasteiger partial charge in [-0.2, -0.15) is 4.80 Å². The summed E-state index contributed by atoms with van der Waals surface area (Å²) in [7, 11) is 3.21. The number of hydrogen-bond acceptors (Lipinski definition) is 6. The largest absolute Gasteiger partial charge is 0.497 e. The number of benzene rings is 2. The Balaban J connectivity index is 2.11. The van der Waals surface area contributed by atoms with Crippen LogP contribution in [0.3, 0.4) is 0 Å². The van der Waals surface area contributed by atoms with Crippen LogP contribution in [0, 0.1) is 0 Å². The zero-order valence-electron chi connectivity index (χ0n) is 14.3. The molecule has 3 rings (SSSR count). The number of ether oxygens (including phenoxy) is 2. The first kappa shape index (κ1) is 16.9. The lowest BCUT2D eigenvalue weighted by Gasteiger charge is -2.34. The fourth-order valence-corrected chi connectivity index (χ4v) is 2.86. The molecule has 1 aromatic heterocycles. The molecule has 0 aliphatic heterocycles. The molecule has 0 amide bonds. The first-order chi connectivity index (χ1) is 12.1. The molecule has 0 saturated heterocycles. The minimum Gasteiger partial charge on any atom is -0.497 e. The molecule has 7 nitrogen and oxygen atoms in total. The predicted octanol–water partition coefficient (Wildman–Crippen LogP) is 2.19. The third-order valence-electron chi connectivity index (χ3n) is 4.38. The van der Waals surface area contributed by atoms with E-state index in [0.717, 1.165) is 0 Å². The van der Waals surface area contributed by atoms with Crippen LogP contribution >= 0.6 is 0 Å². The molecule has 1 unspecified atom stereocenters. The molecular formula is C18H20N4O3. The number of nitrogens with zero attached hydrogens (tertiary/aromatic N) is 4. The molecule has 0 saturated carbocycles. The summed E-state index contributed by atoms with van der Waals surface area (Å²) in [5.74, 6) is 1.43. The molecule has 3 aromatic rings. The Bertz CT molecular complexity index is 754. The number of tetrazole rings is 1. The second-order valence-corrected chi connectivity index (χ2v) is 5.66. The van der Waals surface area contributed by atoms with E-state index < -0.39 is 11.6 Å². The summed E-state index contributed by atoms with van der Waals surface area (Å²) in [6.45, 7) is 1.84. The lowest BCUT2D eigenvalue weighted by Crippen LogP contribution is -2.37. The summed E-state index contributed by atoms with van der Waals surface area (Å²) in [6, 6.07) is 14.1. The van der Waals surface area contributed by atoms with Crippen LogP contribution in [-0.4, -0.2) is 39.5 Å². The second kappa shape index (κ2) is 6.90. The molecule has 1 N–H and O–H groups in total. The SMILES string of the molecule is COc1ccc(C(O)(c2ccc(OC)cc2)C(C)n2ncnn2)cc1. The zero-order valence-corrected chi connectivity index (χ0v) is 14.3. The molecular weight excluding hydrogens is 320 g/mol. The van der Waals surface area contributed by atoms with Crippen LogP contribution < -0.4 is 9.47 Å². The maximum atomic E-state index is 11.7. The van der Waals surface area contributed by atoms with Crippen molar-refractivity contribution in [1.82, 2.24) is 20.2 Å². The number of methoxy groups -OCH3 is 2. The van der Waals surface area contributed by atoms with Gasteiger partial charge >= 0.3 is 0 Å². The Hall–Kier alpha value is -2.93. The molecule has 2 aromatic carbocycles. The van der Waals surface area contributed by atoms with Crippen LogP contribution in [0.25, 0.3) is 0 Å². The Labute approximate surface area is 145 Å². The maximum absolute atomic E-state index is 11.7. The van der Waals surface area contributed by atoms with E-state index in [9.17, 15) is 5.11 Å². The summed E-state index contributed by atoms with van der Waals surface area (Å²) in [6.07, 6.45) is 1.35. The van der Waals surface area contributed by atoms with Crippen molar-refractivity contribution in [1.29, 1.82) is 0 Å². The molecule has 0 fully saturated rings. The highest BCUT2D eigenvalue weighted by atomic mass is 16.5. The monoisotopic (exact) mass is 340 g/mol. The van der Waals surface area contributed by atoms with Gasteiger partial charge in [-0.1, -0.05) is 24.3 Å². The van der Waals surface area contributed by atoms with Crippen molar-refractivity contribution < 1.29 is 14.6 Å². The Morgan fingerprint density at radius 3 is 1.76 bits per heavy atom. The highest BCUT2D eigenvalue weighted by molar-refractivity contribution is 5.41. The second-order valence-electron chi connectivity index (χ2n) is 5.66. The van der Waals surface area contributed by atoms with Gasteiger partial charge in [-0.3, -0.25) is 0 Å². The van der Waals surface area contributed by atoms with Gasteiger partial charge in [-0.15, -0.1) is 10.2 Å². The molecule has 130 valence electrons. The van der Waals surface area contributed by atoms with E-state index in [1.807, 2.05) is 55.5 Å². The van der Waals surface area contributed by atoms with Crippen molar-refractivity contribution in [3.63, 3.8) is 0 Å². The van der Waals surface area contributed by atoms with Gasteiger partial charge in [0.25, 0.3) is 0 Å². The molecule has 0 radical (unpaired) electrons. The van der Waals surface area contributed by atoms with E-state index in [1.54, 1.807) is 14.2 Å². The van der Waals surface area contributed by atoms with Crippen molar-refractivity contribution in [2.24, 2.45) is 0 Å². The van der Waals surface area contributed by atoms with Crippen molar-refractivity contribution >= 4 is 0 Å².